The van der Waals surface area contributed by atoms with Crippen molar-refractivity contribution in [2.24, 2.45) is 5.92 Å². The van der Waals surface area contributed by atoms with E-state index < -0.39 is 28.8 Å². The van der Waals surface area contributed by atoms with E-state index in [1.54, 1.807) is 24.3 Å². The lowest BCUT2D eigenvalue weighted by Crippen LogP contribution is -2.51. The number of hydrogen-bond acceptors (Lipinski definition) is 4. The molecule has 32 heavy (non-hydrogen) atoms. The van der Waals surface area contributed by atoms with E-state index in [0.29, 0.717) is 24.2 Å². The lowest BCUT2D eigenvalue weighted by molar-refractivity contribution is -0.142. The molecule has 0 heterocycles. The summed E-state index contributed by atoms with van der Waals surface area (Å²) in [6, 6.07) is 11.5. The van der Waals surface area contributed by atoms with Gasteiger partial charge in [0.05, 0.1) is 24.3 Å². The molecule has 0 aliphatic heterocycles. The molecule has 0 aromatic heterocycles. The van der Waals surface area contributed by atoms with Gasteiger partial charge in [0.15, 0.2) is 0 Å². The Labute approximate surface area is 184 Å². The number of aliphatic hydroxyl groups is 1. The Kier molecular flexibility index (Phi) is 7.09. The number of rotatable bonds is 6. The van der Waals surface area contributed by atoms with Crippen molar-refractivity contribution in [3.63, 3.8) is 0 Å². The summed E-state index contributed by atoms with van der Waals surface area (Å²) in [7, 11) is 1.54. The van der Waals surface area contributed by atoms with Crippen molar-refractivity contribution in [1.29, 1.82) is 5.26 Å². The summed E-state index contributed by atoms with van der Waals surface area (Å²) >= 11 is 0. The van der Waals surface area contributed by atoms with Crippen LogP contribution in [0.3, 0.4) is 0 Å². The fourth-order valence-corrected chi connectivity index (χ4v) is 4.24. The molecule has 1 saturated carbocycles. The van der Waals surface area contributed by atoms with E-state index in [1.165, 1.54) is 19.2 Å². The molecule has 2 aromatic rings. The van der Waals surface area contributed by atoms with Gasteiger partial charge in [-0.2, -0.15) is 18.4 Å². The molecule has 0 radical (unpaired) electrons. The molecule has 1 aliphatic rings. The van der Waals surface area contributed by atoms with Crippen LogP contribution in [-0.2, 0) is 17.4 Å². The standard InChI is InChI=1S/C24H25F3N2O3/c1-32-20-11-7-16(8-12-20)14-23(31,18-5-3-2-4-6-18)22(30)29-19-10-9-17(15-28)21(13-19)24(25,26)27/h7-13,18,31H,2-6,14H2,1H3,(H,29,30). The molecule has 1 unspecified atom stereocenters. The zero-order chi connectivity index (χ0) is 23.4. The number of alkyl halides is 3. The number of anilines is 1. The van der Waals surface area contributed by atoms with Crippen molar-refractivity contribution in [1.82, 2.24) is 0 Å². The molecule has 5 nitrogen and oxygen atoms in total. The van der Waals surface area contributed by atoms with Gasteiger partial charge in [0.25, 0.3) is 5.91 Å². The SMILES string of the molecule is COc1ccc(CC(O)(C(=O)Nc2ccc(C#N)c(C(F)(F)F)c2)C2CCCCC2)cc1. The van der Waals surface area contributed by atoms with Crippen LogP contribution in [0.2, 0.25) is 0 Å². The molecule has 1 amide bonds. The Morgan fingerprint density at radius 1 is 1.16 bits per heavy atom. The number of carbonyl (C=O) groups is 1. The summed E-state index contributed by atoms with van der Waals surface area (Å²) in [5.41, 5.74) is -2.86. The second-order valence-electron chi connectivity index (χ2n) is 8.11. The zero-order valence-corrected chi connectivity index (χ0v) is 17.7. The first kappa shape index (κ1) is 23.6. The maximum Gasteiger partial charge on any atom is 0.417 e. The number of hydrogen-bond donors (Lipinski definition) is 2. The van der Waals surface area contributed by atoms with Gasteiger partial charge in [0, 0.05) is 12.1 Å². The summed E-state index contributed by atoms with van der Waals surface area (Å²) in [6.45, 7) is 0. The molecule has 0 saturated heterocycles. The van der Waals surface area contributed by atoms with E-state index in [4.69, 9.17) is 10.00 Å². The van der Waals surface area contributed by atoms with E-state index in [-0.39, 0.29) is 18.0 Å². The van der Waals surface area contributed by atoms with Crippen molar-refractivity contribution in [2.45, 2.75) is 50.3 Å². The van der Waals surface area contributed by atoms with Gasteiger partial charge in [-0.3, -0.25) is 4.79 Å². The summed E-state index contributed by atoms with van der Waals surface area (Å²) in [5.74, 6) is -0.437. The third kappa shape index (κ3) is 5.22. The van der Waals surface area contributed by atoms with Crippen LogP contribution in [0.25, 0.3) is 0 Å². The highest BCUT2D eigenvalue weighted by Crippen LogP contribution is 2.37. The Morgan fingerprint density at radius 3 is 2.38 bits per heavy atom. The van der Waals surface area contributed by atoms with Gasteiger partial charge >= 0.3 is 6.18 Å². The maximum absolute atomic E-state index is 13.3. The Morgan fingerprint density at radius 2 is 1.81 bits per heavy atom. The van der Waals surface area contributed by atoms with Crippen LogP contribution in [0.15, 0.2) is 42.5 Å². The van der Waals surface area contributed by atoms with Gasteiger partial charge in [-0.25, -0.2) is 0 Å². The number of nitrogens with zero attached hydrogens (tertiary/aromatic N) is 1. The molecule has 1 aliphatic carbocycles. The van der Waals surface area contributed by atoms with Gasteiger partial charge in [-0.1, -0.05) is 31.4 Å². The summed E-state index contributed by atoms with van der Waals surface area (Å²) < 4.78 is 45.1. The fraction of sp³-hybridized carbons (Fsp3) is 0.417. The highest BCUT2D eigenvalue weighted by Gasteiger charge is 2.44. The van der Waals surface area contributed by atoms with E-state index in [0.717, 1.165) is 31.4 Å². The number of halogens is 3. The molecule has 0 spiro atoms. The highest BCUT2D eigenvalue weighted by atomic mass is 19.4. The topological polar surface area (TPSA) is 82.3 Å². The summed E-state index contributed by atoms with van der Waals surface area (Å²) in [6.07, 6.45) is -0.649. The van der Waals surface area contributed by atoms with Crippen LogP contribution in [0.5, 0.6) is 5.75 Å². The Balaban J connectivity index is 1.90. The molecule has 1 fully saturated rings. The third-order valence-electron chi connectivity index (χ3n) is 6.01. The number of ether oxygens (including phenoxy) is 1. The van der Waals surface area contributed by atoms with E-state index in [1.807, 2.05) is 0 Å². The van der Waals surface area contributed by atoms with Crippen molar-refractivity contribution in [3.8, 4) is 11.8 Å². The quantitative estimate of drug-likeness (QED) is 0.649. The second-order valence-corrected chi connectivity index (χ2v) is 8.11. The molecular weight excluding hydrogens is 421 g/mol. The third-order valence-corrected chi connectivity index (χ3v) is 6.01. The minimum Gasteiger partial charge on any atom is -0.497 e. The first-order chi connectivity index (χ1) is 15.2. The first-order valence-electron chi connectivity index (χ1n) is 10.5. The predicted molar refractivity (Wildman–Crippen MR) is 113 cm³/mol. The number of amides is 1. The molecule has 8 heteroatoms. The predicted octanol–water partition coefficient (Wildman–Crippen LogP) is 5.08. The lowest BCUT2D eigenvalue weighted by atomic mass is 9.73. The first-order valence-corrected chi connectivity index (χ1v) is 10.5. The summed E-state index contributed by atoms with van der Waals surface area (Å²) in [4.78, 5) is 13.2. The highest BCUT2D eigenvalue weighted by molar-refractivity contribution is 5.97. The molecular formula is C24H25F3N2O3. The van der Waals surface area contributed by atoms with Gasteiger partial charge in [0.2, 0.25) is 0 Å². The normalized spacial score (nSPS) is 16.6. The molecule has 0 bridgehead atoms. The molecule has 2 N–H and O–H groups in total. The van der Waals surface area contributed by atoms with Gasteiger partial charge < -0.3 is 15.2 Å². The molecule has 2 aromatic carbocycles. The number of nitriles is 1. The van der Waals surface area contributed by atoms with Crippen LogP contribution in [0.1, 0.15) is 48.8 Å². The van der Waals surface area contributed by atoms with Crippen LogP contribution >= 0.6 is 0 Å². The van der Waals surface area contributed by atoms with Crippen molar-refractivity contribution < 1.29 is 27.8 Å². The van der Waals surface area contributed by atoms with E-state index in [2.05, 4.69) is 5.32 Å². The molecule has 1 atom stereocenters. The van der Waals surface area contributed by atoms with Gasteiger partial charge in [0.1, 0.15) is 11.4 Å². The molecule has 3 rings (SSSR count). The van der Waals surface area contributed by atoms with Gasteiger partial charge in [-0.15, -0.1) is 0 Å². The van der Waals surface area contributed by atoms with Crippen LogP contribution in [-0.4, -0.2) is 23.7 Å². The molecule has 170 valence electrons. The minimum absolute atomic E-state index is 0.0237. The maximum atomic E-state index is 13.3. The lowest BCUT2D eigenvalue weighted by Gasteiger charge is -2.37. The Bertz CT molecular complexity index is 993. The summed E-state index contributed by atoms with van der Waals surface area (Å²) in [5, 5.41) is 23.0. The van der Waals surface area contributed by atoms with Crippen LogP contribution < -0.4 is 10.1 Å². The van der Waals surface area contributed by atoms with Gasteiger partial charge in [-0.05, 0) is 54.7 Å². The average Bonchev–Trinajstić information content (AvgIpc) is 2.79. The fourth-order valence-electron chi connectivity index (χ4n) is 4.24. The van der Waals surface area contributed by atoms with Crippen LogP contribution in [0.4, 0.5) is 18.9 Å². The zero-order valence-electron chi connectivity index (χ0n) is 17.7. The van der Waals surface area contributed by atoms with E-state index >= 15 is 0 Å². The Hall–Kier alpha value is -3.05. The number of benzene rings is 2. The monoisotopic (exact) mass is 446 g/mol. The number of carbonyl (C=O) groups excluding carboxylic acids is 1. The van der Waals surface area contributed by atoms with Crippen LogP contribution in [0, 0.1) is 17.2 Å². The smallest absolute Gasteiger partial charge is 0.417 e. The number of nitrogens with one attached hydrogen (secondary N) is 1. The van der Waals surface area contributed by atoms with Crippen molar-refractivity contribution in [3.05, 3.63) is 59.2 Å². The van der Waals surface area contributed by atoms with E-state index in [9.17, 15) is 23.1 Å². The number of methoxy groups -OCH3 is 1. The average molecular weight is 446 g/mol. The van der Waals surface area contributed by atoms with Crippen molar-refractivity contribution >= 4 is 11.6 Å². The second kappa shape index (κ2) is 9.61. The van der Waals surface area contributed by atoms with Crippen molar-refractivity contribution in [2.75, 3.05) is 12.4 Å². The largest absolute Gasteiger partial charge is 0.497 e. The minimum atomic E-state index is -4.74.